The van der Waals surface area contributed by atoms with Gasteiger partial charge in [0.1, 0.15) is 5.60 Å². The molecule has 1 aliphatic rings. The van der Waals surface area contributed by atoms with Crippen LogP contribution in [0.2, 0.25) is 0 Å². The van der Waals surface area contributed by atoms with Gasteiger partial charge in [-0.15, -0.1) is 0 Å². The summed E-state index contributed by atoms with van der Waals surface area (Å²) in [4.78, 5) is 48.3. The van der Waals surface area contributed by atoms with Crippen molar-refractivity contribution in [2.24, 2.45) is 0 Å². The van der Waals surface area contributed by atoms with Crippen LogP contribution in [-0.2, 0) is 20.7 Å². The lowest BCUT2D eigenvalue weighted by molar-refractivity contribution is -0.131. The Kier molecular flexibility index (Phi) is 12.3. The molecule has 0 radical (unpaired) electrons. The summed E-state index contributed by atoms with van der Waals surface area (Å²) < 4.78 is 11.1. The van der Waals surface area contributed by atoms with Crippen LogP contribution >= 0.6 is 0 Å². The minimum atomic E-state index is -0.699. The second-order valence-corrected chi connectivity index (χ2v) is 11.5. The van der Waals surface area contributed by atoms with Crippen molar-refractivity contribution in [3.8, 4) is 11.1 Å². The number of piperazine rings is 1. The molecule has 3 rings (SSSR count). The maximum atomic E-state index is 13.4. The lowest BCUT2D eigenvalue weighted by Crippen LogP contribution is -2.49. The van der Waals surface area contributed by atoms with E-state index < -0.39 is 11.7 Å². The van der Waals surface area contributed by atoms with Crippen LogP contribution in [0.15, 0.2) is 36.5 Å². The summed E-state index contributed by atoms with van der Waals surface area (Å²) in [6.07, 6.45) is 1.86. The number of hydrogen-bond acceptors (Lipinski definition) is 8. The molecule has 11 heteroatoms. The molecule has 3 amide bonds. The van der Waals surface area contributed by atoms with E-state index in [4.69, 9.17) is 9.47 Å². The molecule has 2 heterocycles. The summed E-state index contributed by atoms with van der Waals surface area (Å²) in [7, 11) is 3.72. The molecule has 0 bridgehead atoms. The average Bonchev–Trinajstić information content (AvgIpc) is 2.95. The van der Waals surface area contributed by atoms with Gasteiger partial charge < -0.3 is 29.5 Å². The predicted octanol–water partition coefficient (Wildman–Crippen LogP) is 3.11. The van der Waals surface area contributed by atoms with Crippen molar-refractivity contribution >= 4 is 23.6 Å². The number of rotatable bonds is 12. The number of hydrogen-bond donors (Lipinski definition) is 2. The van der Waals surface area contributed by atoms with Crippen LogP contribution < -0.4 is 10.6 Å². The molecule has 1 saturated heterocycles. The van der Waals surface area contributed by atoms with Gasteiger partial charge in [0.15, 0.2) is 5.69 Å². The molecule has 0 unspecified atom stereocenters. The fourth-order valence-corrected chi connectivity index (χ4v) is 4.37. The van der Waals surface area contributed by atoms with Gasteiger partial charge in [-0.3, -0.25) is 14.9 Å². The summed E-state index contributed by atoms with van der Waals surface area (Å²) >= 11 is 0. The minimum Gasteiger partial charge on any atom is -0.444 e. The van der Waals surface area contributed by atoms with Gasteiger partial charge >= 0.3 is 6.09 Å². The summed E-state index contributed by atoms with van der Waals surface area (Å²) in [6.45, 7) is 12.6. The van der Waals surface area contributed by atoms with Gasteiger partial charge in [-0.2, -0.15) is 0 Å². The van der Waals surface area contributed by atoms with E-state index in [1.54, 1.807) is 40.1 Å². The molecular weight excluding hydrogens is 536 g/mol. The van der Waals surface area contributed by atoms with Gasteiger partial charge in [0.2, 0.25) is 5.91 Å². The smallest absolute Gasteiger partial charge is 0.412 e. The molecule has 230 valence electrons. The molecule has 0 saturated carbocycles. The Morgan fingerprint density at radius 3 is 2.48 bits per heavy atom. The Hall–Kier alpha value is -3.54. The van der Waals surface area contributed by atoms with Crippen LogP contribution in [0.5, 0.6) is 0 Å². The fourth-order valence-electron chi connectivity index (χ4n) is 4.37. The largest absolute Gasteiger partial charge is 0.444 e. The molecular formula is C31H46N6O5. The first-order chi connectivity index (χ1) is 20.0. The number of ether oxygens (including phenoxy) is 2. The first-order valence-electron chi connectivity index (χ1n) is 14.6. The molecule has 42 heavy (non-hydrogen) atoms. The normalized spacial score (nSPS) is 14.0. The second kappa shape index (κ2) is 15.6. The number of aromatic nitrogens is 1. The van der Waals surface area contributed by atoms with Crippen molar-refractivity contribution in [3.63, 3.8) is 0 Å². The van der Waals surface area contributed by atoms with Crippen LogP contribution in [0, 0.1) is 0 Å². The standard InChI is InChI=1S/C31H46N6O5/c1-7-23-9-8-10-24(19-23)25-20-26(34-30(40)42-31(2,3)4)28(33-21-25)29(39)36(6)16-18-41-17-11-32-22-27(38)37-14-12-35(5)13-15-37/h8-10,19-21,32H,7,11-18,22H2,1-6H3,(H,34,40). The summed E-state index contributed by atoms with van der Waals surface area (Å²) in [6, 6.07) is 9.81. The Bertz CT molecular complexity index is 1210. The molecule has 1 aromatic heterocycles. The Balaban J connectivity index is 1.55. The lowest BCUT2D eigenvalue weighted by Gasteiger charge is -2.32. The molecule has 1 aliphatic heterocycles. The van der Waals surface area contributed by atoms with E-state index in [9.17, 15) is 14.4 Å². The summed E-state index contributed by atoms with van der Waals surface area (Å²) in [5, 5.41) is 5.85. The number of likely N-dealkylation sites (N-methyl/N-ethyl adjacent to an activating group) is 2. The highest BCUT2D eigenvalue weighted by Crippen LogP contribution is 2.26. The molecule has 2 aromatic rings. The van der Waals surface area contributed by atoms with E-state index >= 15 is 0 Å². The highest BCUT2D eigenvalue weighted by molar-refractivity contribution is 6.01. The number of carbonyl (C=O) groups is 3. The molecule has 0 spiro atoms. The zero-order valence-electron chi connectivity index (χ0n) is 25.9. The number of amides is 3. The third kappa shape index (κ3) is 10.4. The van der Waals surface area contributed by atoms with Crippen molar-refractivity contribution < 1.29 is 23.9 Å². The van der Waals surface area contributed by atoms with E-state index in [-0.39, 0.29) is 29.7 Å². The molecule has 11 nitrogen and oxygen atoms in total. The Morgan fingerprint density at radius 1 is 1.05 bits per heavy atom. The van der Waals surface area contributed by atoms with E-state index in [2.05, 4.69) is 46.6 Å². The van der Waals surface area contributed by atoms with Crippen LogP contribution in [0.1, 0.15) is 43.7 Å². The number of aryl methyl sites for hydroxylation is 1. The molecule has 0 atom stereocenters. The quantitative estimate of drug-likeness (QED) is 0.367. The predicted molar refractivity (Wildman–Crippen MR) is 164 cm³/mol. The van der Waals surface area contributed by atoms with Gasteiger partial charge in [0.25, 0.3) is 5.91 Å². The van der Waals surface area contributed by atoms with Crippen molar-refractivity contribution in [3.05, 3.63) is 47.8 Å². The van der Waals surface area contributed by atoms with E-state index in [0.717, 1.165) is 43.7 Å². The van der Waals surface area contributed by atoms with Gasteiger partial charge in [0.05, 0.1) is 25.4 Å². The van der Waals surface area contributed by atoms with Crippen molar-refractivity contribution in [2.75, 3.05) is 78.4 Å². The Labute approximate surface area is 249 Å². The third-order valence-corrected chi connectivity index (χ3v) is 6.87. The Morgan fingerprint density at radius 2 is 1.79 bits per heavy atom. The van der Waals surface area contributed by atoms with Crippen LogP contribution in [0.3, 0.4) is 0 Å². The van der Waals surface area contributed by atoms with Crippen LogP contribution in [0.25, 0.3) is 11.1 Å². The zero-order chi connectivity index (χ0) is 30.7. The topological polar surface area (TPSA) is 116 Å². The highest BCUT2D eigenvalue weighted by atomic mass is 16.6. The first-order valence-corrected chi connectivity index (χ1v) is 14.6. The van der Waals surface area contributed by atoms with Gasteiger partial charge in [-0.1, -0.05) is 31.2 Å². The van der Waals surface area contributed by atoms with Crippen molar-refractivity contribution in [1.29, 1.82) is 0 Å². The number of nitrogens with zero attached hydrogens (tertiary/aromatic N) is 4. The second-order valence-electron chi connectivity index (χ2n) is 11.5. The number of carbonyl (C=O) groups excluding carboxylic acids is 3. The number of anilines is 1. The highest BCUT2D eigenvalue weighted by Gasteiger charge is 2.23. The SMILES string of the molecule is CCc1cccc(-c2cnc(C(=O)N(C)CCOCCNCC(=O)N3CCN(C)CC3)c(NC(=O)OC(C)(C)C)c2)c1. The average molecular weight is 583 g/mol. The molecule has 0 aliphatic carbocycles. The number of nitrogens with one attached hydrogen (secondary N) is 2. The van der Waals surface area contributed by atoms with Crippen molar-refractivity contribution in [2.45, 2.75) is 39.7 Å². The van der Waals surface area contributed by atoms with Gasteiger partial charge in [0, 0.05) is 58.1 Å². The maximum Gasteiger partial charge on any atom is 0.412 e. The number of benzene rings is 1. The minimum absolute atomic E-state index is 0.0980. The summed E-state index contributed by atoms with van der Waals surface area (Å²) in [5.41, 5.74) is 2.57. The molecule has 2 N–H and O–H groups in total. The summed E-state index contributed by atoms with van der Waals surface area (Å²) in [5.74, 6) is -0.254. The fraction of sp³-hybridized carbons (Fsp3) is 0.548. The van der Waals surface area contributed by atoms with E-state index in [1.165, 1.54) is 10.5 Å². The van der Waals surface area contributed by atoms with Crippen LogP contribution in [-0.4, -0.2) is 116 Å². The van der Waals surface area contributed by atoms with Crippen LogP contribution in [0.4, 0.5) is 10.5 Å². The van der Waals surface area contributed by atoms with E-state index in [0.29, 0.717) is 26.3 Å². The molecule has 1 aromatic carbocycles. The molecule has 1 fully saturated rings. The zero-order valence-corrected chi connectivity index (χ0v) is 25.9. The van der Waals surface area contributed by atoms with Gasteiger partial charge in [-0.05, 0) is 51.4 Å². The third-order valence-electron chi connectivity index (χ3n) is 6.87. The maximum absolute atomic E-state index is 13.4. The van der Waals surface area contributed by atoms with Crippen molar-refractivity contribution in [1.82, 2.24) is 25.0 Å². The van der Waals surface area contributed by atoms with Gasteiger partial charge in [-0.25, -0.2) is 9.78 Å². The monoisotopic (exact) mass is 582 g/mol. The first kappa shape index (κ1) is 33.0. The lowest BCUT2D eigenvalue weighted by atomic mass is 10.0. The number of pyridine rings is 1. The van der Waals surface area contributed by atoms with E-state index in [1.807, 2.05) is 17.0 Å².